The minimum Gasteiger partial charge on any atom is -0.395 e. The van der Waals surface area contributed by atoms with Gasteiger partial charge in [0.05, 0.1) is 6.61 Å². The van der Waals surface area contributed by atoms with Gasteiger partial charge < -0.3 is 30.9 Å². The van der Waals surface area contributed by atoms with Crippen molar-refractivity contribution in [3.63, 3.8) is 0 Å². The number of nitrogens with one attached hydrogen (secondary N) is 4. The van der Waals surface area contributed by atoms with Gasteiger partial charge in [-0.1, -0.05) is 51.4 Å². The highest BCUT2D eigenvalue weighted by atomic mass is 16.3. The Labute approximate surface area is 299 Å². The number of nitrogens with zero attached hydrogens (tertiary/aromatic N) is 1. The third-order valence-corrected chi connectivity index (χ3v) is 12.2. The Bertz CT molecular complexity index is 1520. The Balaban J connectivity index is 1.52. The van der Waals surface area contributed by atoms with E-state index in [2.05, 4.69) is 51.9 Å². The van der Waals surface area contributed by atoms with Gasteiger partial charge in [-0.15, -0.1) is 0 Å². The van der Waals surface area contributed by atoms with Crippen LogP contribution in [0.1, 0.15) is 154 Å². The SMILES string of the molecule is CC(=O)NC1CCC(N(C)c2cc(C3CCC(CO)NC34CCCCCCCCCC4)cc(C(=O)NCc3c(C)cc(C)[nH]c3=O)c2C)CC1. The molecule has 2 saturated carbocycles. The first kappa shape index (κ1) is 38.1. The van der Waals surface area contributed by atoms with Gasteiger partial charge in [-0.2, -0.15) is 0 Å². The minimum absolute atomic E-state index is 0.0263. The smallest absolute Gasteiger partial charge is 0.253 e. The number of aromatic nitrogens is 1. The van der Waals surface area contributed by atoms with E-state index in [-0.39, 0.29) is 54.1 Å². The number of aromatic amines is 1. The van der Waals surface area contributed by atoms with Crippen molar-refractivity contribution in [1.82, 2.24) is 20.9 Å². The summed E-state index contributed by atoms with van der Waals surface area (Å²) in [5.41, 5.74) is 5.82. The lowest BCUT2D eigenvalue weighted by Gasteiger charge is -2.49. The summed E-state index contributed by atoms with van der Waals surface area (Å²) < 4.78 is 0. The van der Waals surface area contributed by atoms with Gasteiger partial charge in [0.2, 0.25) is 5.91 Å². The van der Waals surface area contributed by atoms with Crippen LogP contribution in [0.15, 0.2) is 23.0 Å². The Morgan fingerprint density at radius 2 is 1.54 bits per heavy atom. The molecule has 0 radical (unpaired) electrons. The van der Waals surface area contributed by atoms with Crippen LogP contribution in [0.5, 0.6) is 0 Å². The average Bonchev–Trinajstić information content (AvgIpc) is 3.13. The highest BCUT2D eigenvalue weighted by Gasteiger charge is 2.44. The van der Waals surface area contributed by atoms with Crippen LogP contribution in [-0.2, 0) is 11.3 Å². The molecule has 276 valence electrons. The number of aliphatic hydroxyl groups is 1. The van der Waals surface area contributed by atoms with Crippen molar-refractivity contribution >= 4 is 17.5 Å². The third kappa shape index (κ3) is 9.19. The average molecular weight is 690 g/mol. The number of anilines is 1. The molecule has 5 N–H and O–H groups in total. The quantitative estimate of drug-likeness (QED) is 0.213. The summed E-state index contributed by atoms with van der Waals surface area (Å²) in [7, 11) is 2.16. The number of carbonyl (C=O) groups is 2. The van der Waals surface area contributed by atoms with E-state index in [0.717, 1.165) is 86.7 Å². The van der Waals surface area contributed by atoms with Crippen LogP contribution in [-0.4, -0.2) is 59.2 Å². The molecular formula is C41H63N5O4. The number of hydrogen-bond acceptors (Lipinski definition) is 6. The Hall–Kier alpha value is -3.17. The summed E-state index contributed by atoms with van der Waals surface area (Å²) in [5, 5.41) is 20.6. The minimum atomic E-state index is -0.166. The molecule has 3 fully saturated rings. The van der Waals surface area contributed by atoms with Crippen molar-refractivity contribution < 1.29 is 14.7 Å². The second-order valence-corrected chi connectivity index (χ2v) is 15.8. The Morgan fingerprint density at radius 3 is 2.14 bits per heavy atom. The summed E-state index contributed by atoms with van der Waals surface area (Å²) in [6.45, 7) is 7.73. The molecule has 1 spiro atoms. The summed E-state index contributed by atoms with van der Waals surface area (Å²) in [6.07, 6.45) is 17.8. The zero-order chi connectivity index (χ0) is 35.8. The third-order valence-electron chi connectivity index (χ3n) is 12.2. The first-order valence-electron chi connectivity index (χ1n) is 19.5. The molecule has 3 aliphatic rings. The molecule has 0 bridgehead atoms. The Morgan fingerprint density at radius 1 is 0.900 bits per heavy atom. The van der Waals surface area contributed by atoms with Gasteiger partial charge in [0, 0.05) is 72.6 Å². The van der Waals surface area contributed by atoms with E-state index in [1.165, 1.54) is 44.1 Å². The molecule has 2 unspecified atom stereocenters. The molecule has 1 aliphatic heterocycles. The van der Waals surface area contributed by atoms with Crippen LogP contribution < -0.4 is 26.4 Å². The van der Waals surface area contributed by atoms with Gasteiger partial charge in [-0.05, 0) is 107 Å². The van der Waals surface area contributed by atoms with Gasteiger partial charge in [0.15, 0.2) is 0 Å². The van der Waals surface area contributed by atoms with E-state index in [9.17, 15) is 19.5 Å². The van der Waals surface area contributed by atoms with Crippen LogP contribution in [0, 0.1) is 20.8 Å². The van der Waals surface area contributed by atoms with Gasteiger partial charge in [0.1, 0.15) is 0 Å². The van der Waals surface area contributed by atoms with Gasteiger partial charge in [0.25, 0.3) is 11.5 Å². The van der Waals surface area contributed by atoms with Crippen molar-refractivity contribution in [1.29, 1.82) is 0 Å². The second-order valence-electron chi connectivity index (χ2n) is 15.8. The fraction of sp³-hybridized carbons (Fsp3) is 0.683. The van der Waals surface area contributed by atoms with Crippen molar-refractivity contribution in [2.75, 3.05) is 18.6 Å². The lowest BCUT2D eigenvalue weighted by Crippen LogP contribution is -2.58. The van der Waals surface area contributed by atoms with Crippen LogP contribution in [0.25, 0.3) is 0 Å². The maximum atomic E-state index is 14.2. The monoisotopic (exact) mass is 689 g/mol. The molecule has 2 amide bonds. The fourth-order valence-electron chi connectivity index (χ4n) is 9.39. The standard InChI is InChI=1S/C41H63N5O4/c1-27-22-28(2)43-40(50)36(27)25-42-39(49)35-23-31(24-38(29(35)3)46(5)34-17-14-32(15-18-34)44-30(4)48)37-19-16-33(26-47)45-41(37)20-12-10-8-6-7-9-11-13-21-41/h22-24,32-34,37,45,47H,6-21,25-26H2,1-5H3,(H,42,49)(H,43,50)(H,44,48). The van der Waals surface area contributed by atoms with E-state index < -0.39 is 0 Å². The van der Waals surface area contributed by atoms with E-state index >= 15 is 0 Å². The van der Waals surface area contributed by atoms with Crippen LogP contribution >= 0.6 is 0 Å². The van der Waals surface area contributed by atoms with Gasteiger partial charge in [-0.3, -0.25) is 14.4 Å². The van der Waals surface area contributed by atoms with Crippen LogP contribution in [0.2, 0.25) is 0 Å². The van der Waals surface area contributed by atoms with E-state index in [1.807, 2.05) is 19.9 Å². The van der Waals surface area contributed by atoms with E-state index in [0.29, 0.717) is 17.2 Å². The number of carbonyl (C=O) groups excluding carboxylic acids is 2. The number of pyridine rings is 1. The van der Waals surface area contributed by atoms with Crippen molar-refractivity contribution in [2.24, 2.45) is 0 Å². The van der Waals surface area contributed by atoms with Crippen LogP contribution in [0.4, 0.5) is 5.69 Å². The zero-order valence-electron chi connectivity index (χ0n) is 31.4. The molecule has 2 aliphatic carbocycles. The molecule has 50 heavy (non-hydrogen) atoms. The molecule has 1 aromatic carbocycles. The van der Waals surface area contributed by atoms with Crippen molar-refractivity contribution in [3.8, 4) is 0 Å². The number of amides is 2. The predicted octanol–water partition coefficient (Wildman–Crippen LogP) is 6.59. The molecule has 1 saturated heterocycles. The maximum absolute atomic E-state index is 14.2. The molecule has 5 rings (SSSR count). The van der Waals surface area contributed by atoms with Crippen molar-refractivity contribution in [3.05, 3.63) is 62.1 Å². The summed E-state index contributed by atoms with van der Waals surface area (Å²) in [6, 6.07) is 7.04. The largest absolute Gasteiger partial charge is 0.395 e. The van der Waals surface area contributed by atoms with E-state index in [4.69, 9.17) is 0 Å². The number of piperidine rings is 1. The summed E-state index contributed by atoms with van der Waals surface area (Å²) in [4.78, 5) is 44.0. The van der Waals surface area contributed by atoms with E-state index in [1.54, 1.807) is 6.92 Å². The van der Waals surface area contributed by atoms with Crippen molar-refractivity contribution in [2.45, 2.75) is 167 Å². The second kappa shape index (κ2) is 17.4. The molecule has 9 heteroatoms. The molecule has 9 nitrogen and oxygen atoms in total. The maximum Gasteiger partial charge on any atom is 0.253 e. The first-order chi connectivity index (χ1) is 24.0. The lowest BCUT2D eigenvalue weighted by molar-refractivity contribution is -0.119. The predicted molar refractivity (Wildman–Crippen MR) is 202 cm³/mol. The molecule has 2 atom stereocenters. The fourth-order valence-corrected chi connectivity index (χ4v) is 9.39. The highest BCUT2D eigenvalue weighted by molar-refractivity contribution is 5.97. The zero-order valence-corrected chi connectivity index (χ0v) is 31.4. The van der Waals surface area contributed by atoms with Gasteiger partial charge >= 0.3 is 0 Å². The summed E-state index contributed by atoms with van der Waals surface area (Å²) >= 11 is 0. The van der Waals surface area contributed by atoms with Crippen LogP contribution in [0.3, 0.4) is 0 Å². The number of rotatable bonds is 8. The number of hydrogen-bond donors (Lipinski definition) is 5. The summed E-state index contributed by atoms with van der Waals surface area (Å²) in [5.74, 6) is 0.0720. The molecular weight excluding hydrogens is 626 g/mol. The molecule has 2 aromatic rings. The normalized spacial score (nSPS) is 24.6. The van der Waals surface area contributed by atoms with Gasteiger partial charge in [-0.25, -0.2) is 0 Å². The number of aryl methyl sites for hydroxylation is 2. The lowest BCUT2D eigenvalue weighted by atomic mass is 9.67. The number of aliphatic hydroxyl groups excluding tert-OH is 1. The first-order valence-corrected chi connectivity index (χ1v) is 19.5. The number of H-pyrrole nitrogens is 1. The number of benzene rings is 1. The topological polar surface area (TPSA) is 127 Å². The highest BCUT2D eigenvalue weighted by Crippen LogP contribution is 2.46. The molecule has 2 heterocycles. The molecule has 1 aromatic heterocycles. The Kier molecular flexibility index (Phi) is 13.2.